The van der Waals surface area contributed by atoms with Crippen LogP contribution in [0.15, 0.2) is 42.5 Å². The van der Waals surface area contributed by atoms with Crippen molar-refractivity contribution in [3.05, 3.63) is 53.6 Å². The van der Waals surface area contributed by atoms with Crippen LogP contribution in [-0.2, 0) is 17.5 Å². The summed E-state index contributed by atoms with van der Waals surface area (Å²) in [5.41, 5.74) is 0.161. The standard InChI is InChI=1S/C22H27F3N2O4/c1-3-17(13-28)26-12-15-8-9-19(20(10-15)30-4-2)31-14-21(29)27-18-7-5-6-16(11-18)22(23,24)25/h5-11,17,26,28H,3-4,12-14H2,1-2H3,(H,27,29)/p+1/t17-/m0/s1. The molecule has 0 unspecified atom stereocenters. The average Bonchev–Trinajstić information content (AvgIpc) is 2.73. The van der Waals surface area contributed by atoms with Crippen molar-refractivity contribution in [1.29, 1.82) is 0 Å². The molecule has 170 valence electrons. The molecule has 0 saturated heterocycles. The van der Waals surface area contributed by atoms with E-state index >= 15 is 0 Å². The maximum atomic E-state index is 12.8. The van der Waals surface area contributed by atoms with Crippen LogP contribution in [0, 0.1) is 0 Å². The number of carbonyl (C=O) groups excluding carboxylic acids is 1. The number of hydrogen-bond acceptors (Lipinski definition) is 4. The van der Waals surface area contributed by atoms with E-state index in [1.165, 1.54) is 12.1 Å². The molecule has 0 aliphatic carbocycles. The summed E-state index contributed by atoms with van der Waals surface area (Å²) in [7, 11) is 0. The fourth-order valence-corrected chi connectivity index (χ4v) is 2.85. The van der Waals surface area contributed by atoms with Crippen molar-refractivity contribution in [1.82, 2.24) is 0 Å². The maximum absolute atomic E-state index is 12.8. The van der Waals surface area contributed by atoms with Gasteiger partial charge in [-0.25, -0.2) is 0 Å². The molecule has 1 atom stereocenters. The van der Waals surface area contributed by atoms with Crippen LogP contribution in [0.5, 0.6) is 11.5 Å². The van der Waals surface area contributed by atoms with Crippen LogP contribution in [0.4, 0.5) is 18.9 Å². The van der Waals surface area contributed by atoms with Gasteiger partial charge >= 0.3 is 6.18 Å². The summed E-state index contributed by atoms with van der Waals surface area (Å²) in [6.07, 6.45) is -3.64. The Morgan fingerprint density at radius 3 is 2.55 bits per heavy atom. The summed E-state index contributed by atoms with van der Waals surface area (Å²) in [4.78, 5) is 12.1. The molecule has 0 aliphatic rings. The van der Waals surface area contributed by atoms with E-state index in [-0.39, 0.29) is 24.9 Å². The maximum Gasteiger partial charge on any atom is 0.416 e. The SMILES string of the molecule is CCOc1cc(C[NH2+][C@@H](CC)CO)ccc1OCC(=O)Nc1cccc(C(F)(F)F)c1. The van der Waals surface area contributed by atoms with Gasteiger partial charge in [0, 0.05) is 11.3 Å². The van der Waals surface area contributed by atoms with Crippen molar-refractivity contribution in [2.24, 2.45) is 0 Å². The molecule has 0 bridgehead atoms. The molecule has 4 N–H and O–H groups in total. The second kappa shape index (κ2) is 11.6. The highest BCUT2D eigenvalue weighted by Gasteiger charge is 2.30. The molecule has 0 spiro atoms. The Morgan fingerprint density at radius 2 is 1.90 bits per heavy atom. The Hall–Kier alpha value is -2.78. The monoisotopic (exact) mass is 441 g/mol. The quantitative estimate of drug-likeness (QED) is 0.501. The van der Waals surface area contributed by atoms with Crippen LogP contribution < -0.4 is 20.1 Å². The van der Waals surface area contributed by atoms with Gasteiger partial charge in [-0.1, -0.05) is 13.0 Å². The van der Waals surface area contributed by atoms with E-state index in [1.807, 2.05) is 31.3 Å². The molecular weight excluding hydrogens is 413 g/mol. The number of rotatable bonds is 11. The minimum absolute atomic E-state index is 0.0358. The molecule has 0 aliphatic heterocycles. The molecule has 1 amide bonds. The summed E-state index contributed by atoms with van der Waals surface area (Å²) in [6, 6.07) is 9.85. The van der Waals surface area contributed by atoms with Crippen molar-refractivity contribution in [2.75, 3.05) is 25.1 Å². The number of nitrogens with two attached hydrogens (primary N) is 1. The van der Waals surface area contributed by atoms with Gasteiger partial charge in [0.1, 0.15) is 12.6 Å². The van der Waals surface area contributed by atoms with Crippen LogP contribution in [-0.4, -0.2) is 36.9 Å². The molecule has 2 aromatic rings. The summed E-state index contributed by atoms with van der Waals surface area (Å²) >= 11 is 0. The molecule has 0 heterocycles. The Morgan fingerprint density at radius 1 is 1.13 bits per heavy atom. The van der Waals surface area contributed by atoms with Gasteiger partial charge in [0.25, 0.3) is 5.91 Å². The number of anilines is 1. The number of benzene rings is 2. The van der Waals surface area contributed by atoms with E-state index in [0.29, 0.717) is 24.7 Å². The molecular formula is C22H28F3N2O4+. The Balaban J connectivity index is 1.99. The van der Waals surface area contributed by atoms with Gasteiger partial charge in [-0.05, 0) is 49.7 Å². The zero-order chi connectivity index (χ0) is 22.9. The molecule has 6 nitrogen and oxygen atoms in total. The van der Waals surface area contributed by atoms with Gasteiger partial charge in [0.15, 0.2) is 18.1 Å². The Labute approximate surface area is 179 Å². The predicted octanol–water partition coefficient (Wildman–Crippen LogP) is 2.96. The predicted molar refractivity (Wildman–Crippen MR) is 110 cm³/mol. The molecule has 2 aromatic carbocycles. The van der Waals surface area contributed by atoms with Gasteiger partial charge < -0.3 is 25.2 Å². The molecule has 9 heteroatoms. The lowest BCUT2D eigenvalue weighted by atomic mass is 10.1. The zero-order valence-corrected chi connectivity index (χ0v) is 17.5. The van der Waals surface area contributed by atoms with Crippen LogP contribution in [0.25, 0.3) is 0 Å². The van der Waals surface area contributed by atoms with Crippen LogP contribution >= 0.6 is 0 Å². The molecule has 0 saturated carbocycles. The van der Waals surface area contributed by atoms with Crippen molar-refractivity contribution in [3.63, 3.8) is 0 Å². The van der Waals surface area contributed by atoms with Gasteiger partial charge in [0.2, 0.25) is 0 Å². The second-order valence-electron chi connectivity index (χ2n) is 6.92. The first-order chi connectivity index (χ1) is 14.8. The van der Waals surface area contributed by atoms with Crippen molar-refractivity contribution < 1.29 is 37.9 Å². The number of carbonyl (C=O) groups is 1. The fraction of sp³-hybridized carbons (Fsp3) is 0.409. The van der Waals surface area contributed by atoms with E-state index in [1.54, 1.807) is 6.07 Å². The third-order valence-corrected chi connectivity index (χ3v) is 4.59. The minimum Gasteiger partial charge on any atom is -0.490 e. The van der Waals surface area contributed by atoms with Crippen molar-refractivity contribution >= 4 is 11.6 Å². The van der Waals surface area contributed by atoms with E-state index < -0.39 is 17.6 Å². The van der Waals surface area contributed by atoms with Crippen molar-refractivity contribution in [2.45, 2.75) is 39.0 Å². The number of quaternary nitrogens is 1. The smallest absolute Gasteiger partial charge is 0.416 e. The lowest BCUT2D eigenvalue weighted by Crippen LogP contribution is -2.89. The summed E-state index contributed by atoms with van der Waals surface area (Å²) in [5, 5.41) is 13.7. The third-order valence-electron chi connectivity index (χ3n) is 4.59. The summed E-state index contributed by atoms with van der Waals surface area (Å²) in [5.74, 6) is 0.240. The van der Waals surface area contributed by atoms with E-state index in [2.05, 4.69) is 5.32 Å². The van der Waals surface area contributed by atoms with Gasteiger partial charge in [-0.15, -0.1) is 0 Å². The highest BCUT2D eigenvalue weighted by molar-refractivity contribution is 5.92. The lowest BCUT2D eigenvalue weighted by Gasteiger charge is -2.15. The largest absolute Gasteiger partial charge is 0.490 e. The highest BCUT2D eigenvalue weighted by Crippen LogP contribution is 2.31. The number of amides is 1. The Bertz CT molecular complexity index is 855. The van der Waals surface area contributed by atoms with Gasteiger partial charge in [-0.2, -0.15) is 13.2 Å². The molecule has 31 heavy (non-hydrogen) atoms. The molecule has 2 rings (SSSR count). The zero-order valence-electron chi connectivity index (χ0n) is 17.5. The first kappa shape index (κ1) is 24.5. The summed E-state index contributed by atoms with van der Waals surface area (Å²) < 4.78 is 49.5. The van der Waals surface area contributed by atoms with Crippen molar-refractivity contribution in [3.8, 4) is 11.5 Å². The summed E-state index contributed by atoms with van der Waals surface area (Å²) in [6.45, 7) is 4.58. The lowest BCUT2D eigenvalue weighted by molar-refractivity contribution is -0.706. The van der Waals surface area contributed by atoms with Crippen LogP contribution in [0.3, 0.4) is 0 Å². The van der Waals surface area contributed by atoms with E-state index in [4.69, 9.17) is 9.47 Å². The number of halogens is 3. The van der Waals surface area contributed by atoms with Gasteiger partial charge in [-0.3, -0.25) is 4.79 Å². The number of ether oxygens (including phenoxy) is 2. The first-order valence-electron chi connectivity index (χ1n) is 10.1. The normalized spacial score (nSPS) is 12.3. The van der Waals surface area contributed by atoms with E-state index in [0.717, 1.165) is 24.1 Å². The first-order valence-corrected chi connectivity index (χ1v) is 10.1. The fourth-order valence-electron chi connectivity index (χ4n) is 2.85. The second-order valence-corrected chi connectivity index (χ2v) is 6.92. The number of aliphatic hydroxyl groups is 1. The number of nitrogens with one attached hydrogen (secondary N) is 1. The number of alkyl halides is 3. The topological polar surface area (TPSA) is 84.4 Å². The molecule has 0 radical (unpaired) electrons. The van der Waals surface area contributed by atoms with Crippen LogP contribution in [0.2, 0.25) is 0 Å². The van der Waals surface area contributed by atoms with E-state index in [9.17, 15) is 23.1 Å². The number of aliphatic hydroxyl groups excluding tert-OH is 1. The Kier molecular flexibility index (Phi) is 9.14. The van der Waals surface area contributed by atoms with Crippen LogP contribution in [0.1, 0.15) is 31.4 Å². The third kappa shape index (κ3) is 7.76. The van der Waals surface area contributed by atoms with Gasteiger partial charge in [0.05, 0.1) is 18.8 Å². The minimum atomic E-state index is -4.49. The average molecular weight is 441 g/mol. The number of hydrogen-bond donors (Lipinski definition) is 3. The molecule has 0 aromatic heterocycles. The molecule has 0 fully saturated rings. The highest BCUT2D eigenvalue weighted by atomic mass is 19.4.